The van der Waals surface area contributed by atoms with E-state index >= 15 is 0 Å². The fourth-order valence-corrected chi connectivity index (χ4v) is 3.38. The van der Waals surface area contributed by atoms with Gasteiger partial charge < -0.3 is 10.6 Å². The largest absolute Gasteiger partial charge is 0.340 e. The van der Waals surface area contributed by atoms with E-state index in [2.05, 4.69) is 36.5 Å². The zero-order valence-corrected chi connectivity index (χ0v) is 18.7. The topological polar surface area (TPSA) is 71.3 Å². The van der Waals surface area contributed by atoms with Crippen LogP contribution in [0.4, 0.5) is 17.2 Å². The molecule has 2 aromatic heterocycles. The van der Waals surface area contributed by atoms with Crippen LogP contribution in [0, 0.1) is 0 Å². The number of nitrogens with one attached hydrogen (secondary N) is 2. The highest BCUT2D eigenvalue weighted by Gasteiger charge is 2.20. The number of amides is 1. The molecule has 0 radical (unpaired) electrons. The van der Waals surface area contributed by atoms with Gasteiger partial charge >= 0.3 is 0 Å². The predicted molar refractivity (Wildman–Crippen MR) is 126 cm³/mol. The van der Waals surface area contributed by atoms with Crippen LogP contribution < -0.4 is 10.6 Å². The minimum absolute atomic E-state index is 0.0994. The summed E-state index contributed by atoms with van der Waals surface area (Å²) in [5, 5.41) is 11.5. The number of carbonyl (C=O) groups is 1. The van der Waals surface area contributed by atoms with Gasteiger partial charge in [0.1, 0.15) is 5.82 Å². The molecule has 0 aliphatic rings. The van der Waals surface area contributed by atoms with E-state index in [9.17, 15) is 4.79 Å². The molecule has 0 bridgehead atoms. The minimum Gasteiger partial charge on any atom is -0.340 e. The number of aromatic nitrogens is 3. The molecular formula is C24H24ClN5O. The van der Waals surface area contributed by atoms with Crippen LogP contribution in [0.2, 0.25) is 5.02 Å². The lowest BCUT2D eigenvalue weighted by Crippen LogP contribution is -2.16. The van der Waals surface area contributed by atoms with Crippen LogP contribution in [0.1, 0.15) is 33.4 Å². The second-order valence-electron chi connectivity index (χ2n) is 8.46. The van der Waals surface area contributed by atoms with Gasteiger partial charge in [0.25, 0.3) is 0 Å². The first-order chi connectivity index (χ1) is 14.7. The number of carbonyl (C=O) groups excluding carboxylic acids is 1. The monoisotopic (exact) mass is 433 g/mol. The lowest BCUT2D eigenvalue weighted by Gasteiger charge is -2.20. The molecule has 2 heterocycles. The Labute approximate surface area is 186 Å². The van der Waals surface area contributed by atoms with E-state index < -0.39 is 0 Å². The van der Waals surface area contributed by atoms with Crippen LogP contribution in [0.15, 0.2) is 60.8 Å². The van der Waals surface area contributed by atoms with Crippen molar-refractivity contribution in [3.63, 3.8) is 0 Å². The summed E-state index contributed by atoms with van der Waals surface area (Å²) in [7, 11) is 0. The van der Waals surface area contributed by atoms with E-state index in [0.717, 1.165) is 39.7 Å². The molecule has 4 aromatic rings. The maximum Gasteiger partial charge on any atom is 0.221 e. The fourth-order valence-electron chi connectivity index (χ4n) is 3.26. The molecule has 0 saturated heterocycles. The summed E-state index contributed by atoms with van der Waals surface area (Å²) in [5.41, 5.74) is 5.15. The van der Waals surface area contributed by atoms with Crippen LogP contribution in [-0.4, -0.2) is 20.5 Å². The molecule has 2 N–H and O–H groups in total. The normalized spacial score (nSPS) is 11.5. The van der Waals surface area contributed by atoms with Gasteiger partial charge in [-0.15, -0.1) is 0 Å². The summed E-state index contributed by atoms with van der Waals surface area (Å²) in [4.78, 5) is 16.2. The molecule has 2 aromatic carbocycles. The third kappa shape index (κ3) is 4.54. The van der Waals surface area contributed by atoms with Gasteiger partial charge in [0, 0.05) is 40.4 Å². The lowest BCUT2D eigenvalue weighted by molar-refractivity contribution is -0.114. The van der Waals surface area contributed by atoms with E-state index in [1.165, 1.54) is 6.92 Å². The fraction of sp³-hybridized carbons (Fsp3) is 0.208. The number of fused-ring (bicyclic) bond motifs is 1. The van der Waals surface area contributed by atoms with E-state index in [1.54, 1.807) is 4.52 Å². The third-order valence-electron chi connectivity index (χ3n) is 4.87. The highest BCUT2D eigenvalue weighted by atomic mass is 35.5. The average molecular weight is 434 g/mol. The van der Waals surface area contributed by atoms with Crippen molar-refractivity contribution >= 4 is 40.3 Å². The smallest absolute Gasteiger partial charge is 0.221 e. The standard InChI is InChI=1S/C24H24ClN5O/c1-15(31)27-18-9-11-19(12-10-18)28-22-13-21(24(2,3)4)29-23-20(14-26-30(22)23)16-5-7-17(25)8-6-16/h5-14,28H,1-4H3,(H,27,31). The van der Waals surface area contributed by atoms with Gasteiger partial charge in [-0.1, -0.05) is 44.5 Å². The Balaban J connectivity index is 1.79. The predicted octanol–water partition coefficient (Wildman–Crippen LogP) is 6.05. The van der Waals surface area contributed by atoms with Crippen molar-refractivity contribution < 1.29 is 4.79 Å². The highest BCUT2D eigenvalue weighted by Crippen LogP contribution is 2.31. The van der Waals surface area contributed by atoms with E-state index in [1.807, 2.05) is 60.8 Å². The first-order valence-corrected chi connectivity index (χ1v) is 10.4. The van der Waals surface area contributed by atoms with Crippen molar-refractivity contribution in [3.05, 3.63) is 71.5 Å². The quantitative estimate of drug-likeness (QED) is 0.411. The van der Waals surface area contributed by atoms with Crippen LogP contribution in [0.3, 0.4) is 0 Å². The molecule has 158 valence electrons. The summed E-state index contributed by atoms with van der Waals surface area (Å²) < 4.78 is 1.81. The van der Waals surface area contributed by atoms with Gasteiger partial charge in [-0.05, 0) is 42.0 Å². The molecule has 0 unspecified atom stereocenters. The number of hydrogen-bond acceptors (Lipinski definition) is 4. The zero-order chi connectivity index (χ0) is 22.2. The van der Waals surface area contributed by atoms with Gasteiger partial charge in [-0.25, -0.2) is 4.98 Å². The van der Waals surface area contributed by atoms with Crippen LogP contribution in [0.5, 0.6) is 0 Å². The van der Waals surface area contributed by atoms with Crippen molar-refractivity contribution in [2.45, 2.75) is 33.1 Å². The Morgan fingerprint density at radius 2 is 1.65 bits per heavy atom. The first-order valence-electron chi connectivity index (χ1n) is 10.0. The molecule has 0 aliphatic carbocycles. The summed E-state index contributed by atoms with van der Waals surface area (Å²) in [6.45, 7) is 7.90. The Morgan fingerprint density at radius 1 is 1.00 bits per heavy atom. The number of hydrogen-bond donors (Lipinski definition) is 2. The van der Waals surface area contributed by atoms with Gasteiger partial charge in [-0.2, -0.15) is 9.61 Å². The van der Waals surface area contributed by atoms with Gasteiger partial charge in [0.2, 0.25) is 5.91 Å². The molecular weight excluding hydrogens is 410 g/mol. The molecule has 0 atom stereocenters. The number of benzene rings is 2. The van der Waals surface area contributed by atoms with Crippen molar-refractivity contribution in [2.24, 2.45) is 0 Å². The number of halogens is 1. The van der Waals surface area contributed by atoms with E-state index in [0.29, 0.717) is 5.02 Å². The number of rotatable bonds is 4. The second kappa shape index (κ2) is 8.04. The summed E-state index contributed by atoms with van der Waals surface area (Å²) in [5.74, 6) is 0.708. The number of anilines is 3. The Kier molecular flexibility index (Phi) is 5.41. The SMILES string of the molecule is CC(=O)Nc1ccc(Nc2cc(C(C)(C)C)nc3c(-c4ccc(Cl)cc4)cnn23)cc1. The van der Waals surface area contributed by atoms with Crippen LogP contribution >= 0.6 is 11.6 Å². The molecule has 0 spiro atoms. The third-order valence-corrected chi connectivity index (χ3v) is 5.13. The average Bonchev–Trinajstić information content (AvgIpc) is 3.13. The van der Waals surface area contributed by atoms with Gasteiger partial charge in [0.15, 0.2) is 5.65 Å². The Hall–Kier alpha value is -3.38. The molecule has 6 nitrogen and oxygen atoms in total. The molecule has 1 amide bonds. The molecule has 0 fully saturated rings. The van der Waals surface area contributed by atoms with Crippen molar-refractivity contribution in [1.82, 2.24) is 14.6 Å². The van der Waals surface area contributed by atoms with Gasteiger partial charge in [0.05, 0.1) is 11.9 Å². The maximum absolute atomic E-state index is 11.3. The first kappa shape index (κ1) is 20.9. The molecule has 0 aliphatic heterocycles. The Morgan fingerprint density at radius 3 is 2.26 bits per heavy atom. The number of nitrogens with zero attached hydrogens (tertiary/aromatic N) is 3. The summed E-state index contributed by atoms with van der Waals surface area (Å²) in [6.07, 6.45) is 1.82. The van der Waals surface area contributed by atoms with Crippen LogP contribution in [0.25, 0.3) is 16.8 Å². The van der Waals surface area contributed by atoms with E-state index in [-0.39, 0.29) is 11.3 Å². The van der Waals surface area contributed by atoms with Crippen molar-refractivity contribution in [2.75, 3.05) is 10.6 Å². The highest BCUT2D eigenvalue weighted by molar-refractivity contribution is 6.30. The van der Waals surface area contributed by atoms with Crippen molar-refractivity contribution in [1.29, 1.82) is 0 Å². The summed E-state index contributed by atoms with van der Waals surface area (Å²) in [6, 6.07) is 17.2. The molecule has 4 rings (SSSR count). The van der Waals surface area contributed by atoms with E-state index in [4.69, 9.17) is 16.6 Å². The molecule has 0 saturated carbocycles. The summed E-state index contributed by atoms with van der Waals surface area (Å²) >= 11 is 6.06. The van der Waals surface area contributed by atoms with Crippen LogP contribution in [-0.2, 0) is 10.2 Å². The van der Waals surface area contributed by atoms with Crippen molar-refractivity contribution in [3.8, 4) is 11.1 Å². The maximum atomic E-state index is 11.3. The zero-order valence-electron chi connectivity index (χ0n) is 17.9. The molecule has 7 heteroatoms. The minimum atomic E-state index is -0.144. The lowest BCUT2D eigenvalue weighted by atomic mass is 9.92. The second-order valence-corrected chi connectivity index (χ2v) is 8.90. The molecule has 31 heavy (non-hydrogen) atoms. The van der Waals surface area contributed by atoms with Gasteiger partial charge in [-0.3, -0.25) is 4.79 Å². The Bertz CT molecular complexity index is 1240.